The lowest BCUT2D eigenvalue weighted by Gasteiger charge is -2.29. The number of rotatable bonds is 6. The van der Waals surface area contributed by atoms with Crippen LogP contribution in [-0.2, 0) is 12.5 Å². The maximum Gasteiger partial charge on any atom is 0.269 e. The van der Waals surface area contributed by atoms with E-state index in [1.807, 2.05) is 38.2 Å². The molecule has 0 atom stereocenters. The molecule has 1 fully saturated rings. The maximum absolute atomic E-state index is 12.6. The molecule has 3 rings (SSSR count). The first-order valence-electron chi connectivity index (χ1n) is 10.7. The highest BCUT2D eigenvalue weighted by atomic mass is 16.2. The van der Waals surface area contributed by atoms with Crippen molar-refractivity contribution in [2.75, 3.05) is 30.9 Å². The monoisotopic (exact) mass is 413 g/mol. The number of aryl methyl sites for hydroxylation is 1. The normalized spacial score (nSPS) is 19.4. The second-order valence-corrected chi connectivity index (χ2v) is 9.49. The molecule has 0 aliphatic heterocycles. The predicted molar refractivity (Wildman–Crippen MR) is 120 cm³/mol. The fraction of sp³-hybridized carbons (Fsp3) is 0.636. The van der Waals surface area contributed by atoms with Crippen molar-refractivity contribution in [3.63, 3.8) is 0 Å². The zero-order chi connectivity index (χ0) is 21.9. The molecule has 0 unspecified atom stereocenters. The van der Waals surface area contributed by atoms with Gasteiger partial charge in [-0.25, -0.2) is 4.98 Å². The van der Waals surface area contributed by atoms with E-state index in [1.165, 1.54) is 0 Å². The summed E-state index contributed by atoms with van der Waals surface area (Å²) < 4.78 is 1.68. The second-order valence-electron chi connectivity index (χ2n) is 9.49. The lowest BCUT2D eigenvalue weighted by molar-refractivity contribution is 0.0934. The summed E-state index contributed by atoms with van der Waals surface area (Å²) in [5.74, 6) is 2.03. The van der Waals surface area contributed by atoms with Crippen LogP contribution < -0.4 is 15.5 Å². The third-order valence-corrected chi connectivity index (χ3v) is 5.71. The van der Waals surface area contributed by atoms with Gasteiger partial charge in [0, 0.05) is 45.3 Å². The maximum atomic E-state index is 12.6. The fourth-order valence-electron chi connectivity index (χ4n) is 3.74. The molecule has 2 N–H and O–H groups in total. The number of nitrogens with zero attached hydrogens (tertiary/aromatic N) is 5. The van der Waals surface area contributed by atoms with Gasteiger partial charge in [0.05, 0.1) is 5.69 Å². The molecule has 164 valence electrons. The molecule has 1 aliphatic carbocycles. The molecular weight excluding hydrogens is 378 g/mol. The predicted octanol–water partition coefficient (Wildman–Crippen LogP) is 2.97. The van der Waals surface area contributed by atoms with Crippen LogP contribution in [-0.4, -0.2) is 52.3 Å². The summed E-state index contributed by atoms with van der Waals surface area (Å²) in [5, 5.41) is 11.1. The number of carbonyl (C=O) groups excluding carboxylic acids is 1. The molecule has 0 bridgehead atoms. The molecular formula is C22H35N7O. The van der Waals surface area contributed by atoms with E-state index in [4.69, 9.17) is 0 Å². The largest absolute Gasteiger partial charge is 0.363 e. The Bertz CT molecular complexity index is 861. The molecule has 1 aliphatic rings. The molecule has 8 heteroatoms. The van der Waals surface area contributed by atoms with Crippen LogP contribution in [0.5, 0.6) is 0 Å². The van der Waals surface area contributed by atoms with Crippen LogP contribution in [0, 0.1) is 5.92 Å². The molecule has 8 nitrogen and oxygen atoms in total. The van der Waals surface area contributed by atoms with Gasteiger partial charge < -0.3 is 15.5 Å². The molecule has 2 aromatic rings. The van der Waals surface area contributed by atoms with Crippen LogP contribution in [0.4, 0.5) is 11.8 Å². The average Bonchev–Trinajstić information content (AvgIpc) is 3.10. The van der Waals surface area contributed by atoms with Crippen LogP contribution in [0.2, 0.25) is 0 Å². The molecule has 1 amide bonds. The Morgan fingerprint density at radius 1 is 1.23 bits per heavy atom. The van der Waals surface area contributed by atoms with E-state index in [0.717, 1.165) is 37.2 Å². The lowest BCUT2D eigenvalue weighted by Crippen LogP contribution is -2.34. The summed E-state index contributed by atoms with van der Waals surface area (Å²) in [6, 6.07) is 4.18. The van der Waals surface area contributed by atoms with E-state index >= 15 is 0 Å². The Balaban J connectivity index is 1.47. The van der Waals surface area contributed by atoms with Crippen molar-refractivity contribution in [3.05, 3.63) is 29.7 Å². The Morgan fingerprint density at radius 3 is 2.53 bits per heavy atom. The van der Waals surface area contributed by atoms with E-state index in [1.54, 1.807) is 10.9 Å². The van der Waals surface area contributed by atoms with Gasteiger partial charge in [-0.05, 0) is 43.7 Å². The highest BCUT2D eigenvalue weighted by molar-refractivity contribution is 5.92. The number of aromatic nitrogens is 4. The molecule has 0 radical (unpaired) electrons. The van der Waals surface area contributed by atoms with Gasteiger partial charge in [-0.15, -0.1) is 0 Å². The van der Waals surface area contributed by atoms with Crippen LogP contribution >= 0.6 is 0 Å². The quantitative estimate of drug-likeness (QED) is 0.757. The lowest BCUT2D eigenvalue weighted by atomic mass is 9.86. The summed E-state index contributed by atoms with van der Waals surface area (Å²) in [5.41, 5.74) is 1.48. The molecule has 0 spiro atoms. The molecule has 1 saturated carbocycles. The zero-order valence-corrected chi connectivity index (χ0v) is 19.1. The smallest absolute Gasteiger partial charge is 0.269 e. The van der Waals surface area contributed by atoms with Crippen molar-refractivity contribution in [2.24, 2.45) is 13.0 Å². The molecule has 2 aromatic heterocycles. The first-order valence-corrected chi connectivity index (χ1v) is 10.7. The van der Waals surface area contributed by atoms with Crippen LogP contribution in [0.3, 0.4) is 0 Å². The van der Waals surface area contributed by atoms with Gasteiger partial charge in [0.1, 0.15) is 11.5 Å². The van der Waals surface area contributed by atoms with Gasteiger partial charge in [-0.1, -0.05) is 20.8 Å². The zero-order valence-electron chi connectivity index (χ0n) is 19.1. The van der Waals surface area contributed by atoms with Crippen LogP contribution in [0.15, 0.2) is 18.3 Å². The van der Waals surface area contributed by atoms with Gasteiger partial charge in [-0.2, -0.15) is 10.1 Å². The first kappa shape index (κ1) is 22.1. The van der Waals surface area contributed by atoms with Gasteiger partial charge in [0.2, 0.25) is 5.95 Å². The third kappa shape index (κ3) is 5.49. The van der Waals surface area contributed by atoms with E-state index < -0.39 is 0 Å². The molecule has 2 heterocycles. The van der Waals surface area contributed by atoms with Crippen molar-refractivity contribution in [2.45, 2.75) is 57.9 Å². The Hall–Kier alpha value is -2.64. The Kier molecular flexibility index (Phi) is 6.63. The van der Waals surface area contributed by atoms with E-state index in [-0.39, 0.29) is 11.3 Å². The average molecular weight is 414 g/mol. The minimum Gasteiger partial charge on any atom is -0.363 e. The van der Waals surface area contributed by atoms with E-state index in [9.17, 15) is 4.79 Å². The number of amides is 1. The van der Waals surface area contributed by atoms with Crippen molar-refractivity contribution < 1.29 is 4.79 Å². The van der Waals surface area contributed by atoms with Crippen molar-refractivity contribution in [1.29, 1.82) is 0 Å². The summed E-state index contributed by atoms with van der Waals surface area (Å²) in [6.45, 7) is 7.01. The number of nitrogens with one attached hydrogen (secondary N) is 2. The fourth-order valence-corrected chi connectivity index (χ4v) is 3.74. The van der Waals surface area contributed by atoms with Crippen molar-refractivity contribution in [1.82, 2.24) is 25.1 Å². The van der Waals surface area contributed by atoms with Gasteiger partial charge in [0.25, 0.3) is 5.91 Å². The van der Waals surface area contributed by atoms with Gasteiger partial charge in [0.15, 0.2) is 0 Å². The second kappa shape index (κ2) is 9.02. The molecule has 0 saturated heterocycles. The van der Waals surface area contributed by atoms with Crippen molar-refractivity contribution in [3.8, 4) is 0 Å². The summed E-state index contributed by atoms with van der Waals surface area (Å²) in [6.07, 6.45) is 6.04. The Labute approximate surface area is 179 Å². The van der Waals surface area contributed by atoms with Crippen LogP contribution in [0.1, 0.15) is 62.6 Å². The highest BCUT2D eigenvalue weighted by Crippen LogP contribution is 2.26. The minimum absolute atomic E-state index is 0.0466. The van der Waals surface area contributed by atoms with Crippen LogP contribution in [0.25, 0.3) is 0 Å². The van der Waals surface area contributed by atoms with Gasteiger partial charge in [-0.3, -0.25) is 9.48 Å². The SMILES string of the molecule is CN(C)c1ccnc(N[C@H]2CC[C@@H](CNC(=O)c3cc(C(C)(C)C)nn3C)CC2)n1. The van der Waals surface area contributed by atoms with E-state index in [2.05, 4.69) is 46.5 Å². The number of hydrogen-bond acceptors (Lipinski definition) is 6. The number of hydrogen-bond donors (Lipinski definition) is 2. The third-order valence-electron chi connectivity index (χ3n) is 5.71. The summed E-state index contributed by atoms with van der Waals surface area (Å²) >= 11 is 0. The molecule has 30 heavy (non-hydrogen) atoms. The standard InChI is InChI=1S/C22H35N7O/c1-22(2,3)18-13-17(29(6)27-18)20(30)24-14-15-7-9-16(10-8-15)25-21-23-12-11-19(26-21)28(4)5/h11-13,15-16H,7-10,14H2,1-6H3,(H,24,30)(H,23,25,26)/t15-,16+. The van der Waals surface area contributed by atoms with E-state index in [0.29, 0.717) is 30.1 Å². The highest BCUT2D eigenvalue weighted by Gasteiger charge is 2.24. The number of carbonyl (C=O) groups is 1. The summed E-state index contributed by atoms with van der Waals surface area (Å²) in [4.78, 5) is 23.5. The minimum atomic E-state index is -0.0720. The van der Waals surface area contributed by atoms with Gasteiger partial charge >= 0.3 is 0 Å². The first-order chi connectivity index (χ1) is 14.1. The number of anilines is 2. The Morgan fingerprint density at radius 2 is 1.93 bits per heavy atom. The van der Waals surface area contributed by atoms with Crippen molar-refractivity contribution >= 4 is 17.7 Å². The summed E-state index contributed by atoms with van der Waals surface area (Å²) in [7, 11) is 5.77. The molecule has 0 aromatic carbocycles. The topological polar surface area (TPSA) is 88.0 Å².